The van der Waals surface area contributed by atoms with Gasteiger partial charge in [-0.1, -0.05) is 23.8 Å². The number of hydrogen-bond donors (Lipinski definition) is 1. The number of carbonyl (C=O) groups excluding carboxylic acids is 3. The molecular formula is C25H20Br2ClN3O5. The van der Waals surface area contributed by atoms with E-state index in [4.69, 9.17) is 21.1 Å². The molecule has 3 amide bonds. The lowest BCUT2D eigenvalue weighted by Gasteiger charge is -2.16. The van der Waals surface area contributed by atoms with Gasteiger partial charge in [0.05, 0.1) is 29.6 Å². The Labute approximate surface area is 228 Å². The molecule has 36 heavy (non-hydrogen) atoms. The van der Waals surface area contributed by atoms with E-state index in [1.807, 2.05) is 12.2 Å². The number of nitrogens with zero attached hydrogens (tertiary/aromatic N) is 2. The van der Waals surface area contributed by atoms with Crippen LogP contribution in [0.4, 0.5) is 5.69 Å². The van der Waals surface area contributed by atoms with Crippen LogP contribution in [0.25, 0.3) is 0 Å². The molecule has 1 N–H and O–H groups in total. The normalized spacial score (nSPS) is 24.1. The van der Waals surface area contributed by atoms with Gasteiger partial charge in [-0.15, -0.1) is 0 Å². The zero-order chi connectivity index (χ0) is 25.6. The summed E-state index contributed by atoms with van der Waals surface area (Å²) in [7, 11) is 1.47. The number of amides is 3. The molecule has 2 aromatic carbocycles. The summed E-state index contributed by atoms with van der Waals surface area (Å²) in [5, 5.41) is 8.51. The second-order valence-corrected chi connectivity index (χ2v) is 10.7. The van der Waals surface area contributed by atoms with E-state index >= 15 is 0 Å². The Hall–Kier alpha value is -2.69. The van der Waals surface area contributed by atoms with E-state index in [0.29, 0.717) is 36.7 Å². The number of imide groups is 1. The fraction of sp³-hybridized carbons (Fsp3) is 0.280. The monoisotopic (exact) mass is 635 g/mol. The molecule has 2 aromatic rings. The molecule has 2 aliphatic carbocycles. The van der Waals surface area contributed by atoms with E-state index in [9.17, 15) is 14.4 Å². The number of methoxy groups -OCH3 is 1. The molecule has 8 nitrogen and oxygen atoms in total. The van der Waals surface area contributed by atoms with Gasteiger partial charge in [0.2, 0.25) is 0 Å². The van der Waals surface area contributed by atoms with E-state index in [1.165, 1.54) is 13.3 Å². The van der Waals surface area contributed by atoms with Crippen molar-refractivity contribution in [3.05, 3.63) is 62.0 Å². The minimum Gasteiger partial charge on any atom is -0.493 e. The Kier molecular flexibility index (Phi) is 6.93. The molecule has 0 radical (unpaired) electrons. The predicted octanol–water partition coefficient (Wildman–Crippen LogP) is 5.03. The number of carbonyl (C=O) groups is 3. The van der Waals surface area contributed by atoms with E-state index in [2.05, 4.69) is 42.3 Å². The van der Waals surface area contributed by atoms with Crippen molar-refractivity contribution in [2.75, 3.05) is 19.0 Å². The molecule has 4 atom stereocenters. The number of nitrogens with one attached hydrogen (secondary N) is 1. The first-order chi connectivity index (χ1) is 17.3. The van der Waals surface area contributed by atoms with Crippen molar-refractivity contribution in [3.63, 3.8) is 0 Å². The maximum absolute atomic E-state index is 12.9. The summed E-state index contributed by atoms with van der Waals surface area (Å²) in [5.41, 5.74) is 1.14. The third-order valence-corrected chi connectivity index (χ3v) is 9.01. The van der Waals surface area contributed by atoms with Crippen LogP contribution in [0.5, 0.6) is 11.5 Å². The van der Waals surface area contributed by atoms with E-state index in [-0.39, 0.29) is 48.0 Å². The van der Waals surface area contributed by atoms with Crippen LogP contribution in [0.2, 0.25) is 5.02 Å². The number of rotatable bonds is 7. The molecule has 1 aliphatic heterocycles. The summed E-state index contributed by atoms with van der Waals surface area (Å²) in [6.45, 7) is -0.270. The van der Waals surface area contributed by atoms with Crippen molar-refractivity contribution in [1.29, 1.82) is 0 Å². The van der Waals surface area contributed by atoms with Crippen LogP contribution < -0.4 is 14.8 Å². The molecule has 0 aromatic heterocycles. The summed E-state index contributed by atoms with van der Waals surface area (Å²) in [4.78, 5) is 38.1. The highest BCUT2D eigenvalue weighted by Gasteiger charge is 2.59. The van der Waals surface area contributed by atoms with Crippen molar-refractivity contribution in [2.45, 2.75) is 6.42 Å². The highest BCUT2D eigenvalue weighted by molar-refractivity contribution is 9.13. The maximum atomic E-state index is 12.9. The van der Waals surface area contributed by atoms with Crippen LogP contribution >= 0.6 is 43.5 Å². The standard InChI is InChI=1S/C25H20Br2ClN3O5/c1-35-17-9-14(10-29-31-24(33)19-12-2-3-13(8-12)20(19)25(31)34)21(26)22(27)23(17)36-11-18(32)30-16-6-4-15(28)5-7-16/h2-7,9-10,12-13,19-20H,8,11H2,1H3,(H,30,32)/t12-,13-,19-,20+/m0/s1. The molecule has 11 heteroatoms. The highest BCUT2D eigenvalue weighted by Crippen LogP contribution is 2.52. The summed E-state index contributed by atoms with van der Waals surface area (Å²) in [6, 6.07) is 8.36. The van der Waals surface area contributed by atoms with Gasteiger partial charge >= 0.3 is 0 Å². The Balaban J connectivity index is 1.30. The number of ether oxygens (including phenoxy) is 2. The average molecular weight is 638 g/mol. The average Bonchev–Trinajstić information content (AvgIpc) is 3.55. The van der Waals surface area contributed by atoms with E-state index < -0.39 is 0 Å². The van der Waals surface area contributed by atoms with Gasteiger partial charge in [-0.2, -0.15) is 10.1 Å². The SMILES string of the molecule is COc1cc(C=NN2C(=O)[C@@H]3[C@H](C2=O)[C@H]2C=C[C@H]3C2)c(Br)c(Br)c1OCC(=O)Nc1ccc(Cl)cc1. The van der Waals surface area contributed by atoms with Crippen LogP contribution in [-0.4, -0.2) is 42.7 Å². The third kappa shape index (κ3) is 4.46. The van der Waals surface area contributed by atoms with Crippen molar-refractivity contribution >= 4 is 73.1 Å². The molecule has 186 valence electrons. The van der Waals surface area contributed by atoms with Crippen LogP contribution in [0.15, 0.2) is 56.5 Å². The number of anilines is 1. The number of hydrazone groups is 1. The Morgan fingerprint density at radius 3 is 2.39 bits per heavy atom. The zero-order valence-electron chi connectivity index (χ0n) is 18.9. The fourth-order valence-corrected chi connectivity index (χ4v) is 6.03. The first kappa shape index (κ1) is 25.0. The number of allylic oxidation sites excluding steroid dienone is 2. The second-order valence-electron chi connectivity index (χ2n) is 8.70. The van der Waals surface area contributed by atoms with Gasteiger partial charge in [0.25, 0.3) is 17.7 Å². The van der Waals surface area contributed by atoms with E-state index in [0.717, 1.165) is 11.4 Å². The van der Waals surface area contributed by atoms with Gasteiger partial charge < -0.3 is 14.8 Å². The lowest BCUT2D eigenvalue weighted by atomic mass is 9.85. The molecule has 3 aliphatic rings. The highest BCUT2D eigenvalue weighted by atomic mass is 79.9. The Bertz CT molecular complexity index is 1280. The molecule has 1 heterocycles. The molecule has 1 saturated carbocycles. The first-order valence-corrected chi connectivity index (χ1v) is 13.1. The first-order valence-electron chi connectivity index (χ1n) is 11.1. The van der Waals surface area contributed by atoms with Crippen molar-refractivity contribution in [3.8, 4) is 11.5 Å². The molecule has 2 fully saturated rings. The second kappa shape index (κ2) is 9.99. The van der Waals surface area contributed by atoms with Gasteiger partial charge in [-0.05, 0) is 80.4 Å². The zero-order valence-corrected chi connectivity index (χ0v) is 22.8. The maximum Gasteiger partial charge on any atom is 0.262 e. The minimum absolute atomic E-state index is 0.117. The quantitative estimate of drug-likeness (QED) is 0.261. The predicted molar refractivity (Wildman–Crippen MR) is 141 cm³/mol. The van der Waals surface area contributed by atoms with Crippen LogP contribution in [0.1, 0.15) is 12.0 Å². The van der Waals surface area contributed by atoms with Crippen LogP contribution in [0, 0.1) is 23.7 Å². The van der Waals surface area contributed by atoms with Crippen molar-refractivity contribution < 1.29 is 23.9 Å². The van der Waals surface area contributed by atoms with Gasteiger partial charge in [-0.3, -0.25) is 14.4 Å². The fourth-order valence-electron chi connectivity index (χ4n) is 4.97. The summed E-state index contributed by atoms with van der Waals surface area (Å²) in [6.07, 6.45) is 6.37. The molecule has 0 unspecified atom stereocenters. The number of halogens is 3. The van der Waals surface area contributed by atoms with Crippen LogP contribution in [0.3, 0.4) is 0 Å². The van der Waals surface area contributed by atoms with Gasteiger partial charge in [0.1, 0.15) is 0 Å². The number of fused-ring (bicyclic) bond motifs is 5. The summed E-state index contributed by atoms with van der Waals surface area (Å²) in [5.74, 6) is -0.639. The lowest BCUT2D eigenvalue weighted by molar-refractivity contribution is -0.140. The largest absolute Gasteiger partial charge is 0.493 e. The minimum atomic E-state index is -0.367. The number of hydrogen-bond acceptors (Lipinski definition) is 6. The van der Waals surface area contributed by atoms with Crippen molar-refractivity contribution in [1.82, 2.24) is 5.01 Å². The molecule has 5 rings (SSSR count). The summed E-state index contributed by atoms with van der Waals surface area (Å²) >= 11 is 12.8. The number of benzene rings is 2. The van der Waals surface area contributed by atoms with Gasteiger partial charge in [0.15, 0.2) is 18.1 Å². The molecule has 1 saturated heterocycles. The molecule has 2 bridgehead atoms. The third-order valence-electron chi connectivity index (χ3n) is 6.61. The van der Waals surface area contributed by atoms with E-state index in [1.54, 1.807) is 30.3 Å². The summed E-state index contributed by atoms with van der Waals surface area (Å²) < 4.78 is 12.2. The van der Waals surface area contributed by atoms with Crippen molar-refractivity contribution in [2.24, 2.45) is 28.8 Å². The van der Waals surface area contributed by atoms with Gasteiger partial charge in [-0.25, -0.2) is 0 Å². The van der Waals surface area contributed by atoms with Gasteiger partial charge in [0, 0.05) is 20.7 Å². The van der Waals surface area contributed by atoms with Crippen LogP contribution in [-0.2, 0) is 14.4 Å². The Morgan fingerprint density at radius 1 is 1.14 bits per heavy atom. The topological polar surface area (TPSA) is 97.3 Å². The smallest absolute Gasteiger partial charge is 0.262 e. The molecule has 0 spiro atoms. The molecular weight excluding hydrogens is 618 g/mol. The lowest BCUT2D eigenvalue weighted by Crippen LogP contribution is -2.28. The Morgan fingerprint density at radius 2 is 1.78 bits per heavy atom.